The molecule has 2 heteroatoms. The van der Waals surface area contributed by atoms with Crippen molar-refractivity contribution >= 4 is 17.2 Å². The Bertz CT molecular complexity index is 552. The topological polar surface area (TPSA) is 32.9 Å². The predicted octanol–water partition coefficient (Wildman–Crippen LogP) is 4.81. The molecule has 2 aromatic rings. The van der Waals surface area contributed by atoms with Crippen LogP contribution in [-0.2, 0) is 0 Å². The van der Waals surface area contributed by atoms with Crippen molar-refractivity contribution in [3.63, 3.8) is 0 Å². The summed E-state index contributed by atoms with van der Waals surface area (Å²) in [4.78, 5) is 13.3. The van der Waals surface area contributed by atoms with E-state index >= 15 is 0 Å². The van der Waals surface area contributed by atoms with Crippen molar-refractivity contribution in [2.24, 2.45) is 23.7 Å². The molecule has 110 valence electrons. The van der Waals surface area contributed by atoms with Crippen LogP contribution in [-0.4, -0.2) is 11.3 Å². The number of hydrogen-bond acceptors (Lipinski definition) is 1. The van der Waals surface area contributed by atoms with Crippen LogP contribution in [0.5, 0.6) is 0 Å². The lowest BCUT2D eigenvalue weighted by molar-refractivity contribution is 0.0198. The van der Waals surface area contributed by atoms with Gasteiger partial charge in [-0.2, -0.15) is 0 Å². The molecule has 4 fully saturated rings. The minimum absolute atomic E-state index is 0.631. The first-order valence-corrected chi connectivity index (χ1v) is 8.33. The highest BCUT2D eigenvalue weighted by molar-refractivity contribution is 5.87. The Morgan fingerprint density at radius 1 is 0.857 bits per heavy atom. The van der Waals surface area contributed by atoms with Crippen LogP contribution in [0.3, 0.4) is 0 Å². The molecule has 1 heterocycles. The van der Waals surface area contributed by atoms with Gasteiger partial charge in [0.2, 0.25) is 0 Å². The Kier molecular flexibility index (Phi) is 3.33. The van der Waals surface area contributed by atoms with Gasteiger partial charge in [0, 0.05) is 10.9 Å². The molecule has 2 nitrogen and oxygen atoms in total. The van der Waals surface area contributed by atoms with Gasteiger partial charge in [0.25, 0.3) is 0 Å². The van der Waals surface area contributed by atoms with Crippen molar-refractivity contribution in [1.29, 1.82) is 0 Å². The van der Waals surface area contributed by atoms with Crippen LogP contribution in [0.25, 0.3) is 10.9 Å². The van der Waals surface area contributed by atoms with E-state index in [0.717, 1.165) is 17.2 Å². The summed E-state index contributed by atoms with van der Waals surface area (Å²) in [5.74, 6) is 4.71. The molecule has 0 radical (unpaired) electrons. The average molecular weight is 281 g/mol. The Hall–Kier alpha value is -1.57. The standard InChI is InChI=1S/C10H16.C9H7NO/c1-7-2-9-4-8(1)5-10(3-7)6-9;11-6-8-5-7-3-1-2-4-9(7)10-8/h7-10H,1-6H2;1-6,10H. The number of aromatic amines is 1. The first kappa shape index (κ1) is 13.1. The van der Waals surface area contributed by atoms with Crippen molar-refractivity contribution in [2.75, 3.05) is 0 Å². The number of rotatable bonds is 1. The number of H-pyrrole nitrogens is 1. The van der Waals surface area contributed by atoms with Gasteiger partial charge in [-0.25, -0.2) is 0 Å². The molecule has 4 saturated carbocycles. The van der Waals surface area contributed by atoms with E-state index in [-0.39, 0.29) is 0 Å². The van der Waals surface area contributed by atoms with E-state index in [9.17, 15) is 4.79 Å². The van der Waals surface area contributed by atoms with Gasteiger partial charge in [-0.05, 0) is 74.3 Å². The van der Waals surface area contributed by atoms with Gasteiger partial charge in [-0.15, -0.1) is 0 Å². The lowest BCUT2D eigenvalue weighted by Gasteiger charge is -2.49. The van der Waals surface area contributed by atoms with Crippen molar-refractivity contribution in [3.05, 3.63) is 36.0 Å². The third kappa shape index (κ3) is 2.64. The molecule has 4 bridgehead atoms. The van der Waals surface area contributed by atoms with Crippen LogP contribution in [0.15, 0.2) is 30.3 Å². The van der Waals surface area contributed by atoms with E-state index < -0.39 is 0 Å². The molecule has 0 unspecified atom stereocenters. The number of nitrogens with one attached hydrogen (secondary N) is 1. The Labute approximate surface area is 125 Å². The number of benzene rings is 1. The van der Waals surface area contributed by atoms with E-state index in [1.807, 2.05) is 30.3 Å². The molecular formula is C19H23NO. The van der Waals surface area contributed by atoms with E-state index in [1.54, 1.807) is 38.5 Å². The summed E-state index contributed by atoms with van der Waals surface area (Å²) in [5, 5.41) is 1.08. The minimum Gasteiger partial charge on any atom is -0.352 e. The van der Waals surface area contributed by atoms with Gasteiger partial charge in [0.15, 0.2) is 6.29 Å². The zero-order valence-corrected chi connectivity index (χ0v) is 12.4. The lowest BCUT2D eigenvalue weighted by atomic mass is 9.56. The summed E-state index contributed by atoms with van der Waals surface area (Å²) in [6.45, 7) is 0. The van der Waals surface area contributed by atoms with Crippen LogP contribution in [0.4, 0.5) is 0 Å². The summed E-state index contributed by atoms with van der Waals surface area (Å²) < 4.78 is 0. The first-order valence-electron chi connectivity index (χ1n) is 8.33. The number of fused-ring (bicyclic) bond motifs is 1. The maximum Gasteiger partial charge on any atom is 0.166 e. The van der Waals surface area contributed by atoms with Crippen molar-refractivity contribution in [2.45, 2.75) is 38.5 Å². The number of aromatic nitrogens is 1. The second-order valence-corrected chi connectivity index (χ2v) is 7.31. The zero-order chi connectivity index (χ0) is 14.2. The molecule has 0 spiro atoms. The number of para-hydroxylation sites is 1. The highest BCUT2D eigenvalue weighted by Gasteiger charge is 2.41. The number of aldehydes is 1. The fraction of sp³-hybridized carbons (Fsp3) is 0.526. The summed E-state index contributed by atoms with van der Waals surface area (Å²) in [6.07, 6.45) is 10.4. The molecule has 0 atom stereocenters. The van der Waals surface area contributed by atoms with Crippen molar-refractivity contribution in [3.8, 4) is 0 Å². The van der Waals surface area contributed by atoms with Gasteiger partial charge >= 0.3 is 0 Å². The highest BCUT2D eigenvalue weighted by atomic mass is 16.1. The minimum atomic E-state index is 0.631. The number of carbonyl (C=O) groups is 1. The molecule has 0 amide bonds. The molecule has 1 aromatic carbocycles. The maximum atomic E-state index is 10.3. The normalized spacial score (nSPS) is 32.8. The van der Waals surface area contributed by atoms with E-state index in [0.29, 0.717) is 5.69 Å². The zero-order valence-electron chi connectivity index (χ0n) is 12.4. The quantitative estimate of drug-likeness (QED) is 0.747. The molecule has 1 aromatic heterocycles. The molecule has 21 heavy (non-hydrogen) atoms. The van der Waals surface area contributed by atoms with Crippen LogP contribution in [0.2, 0.25) is 0 Å². The van der Waals surface area contributed by atoms with E-state index in [4.69, 9.17) is 0 Å². The second kappa shape index (κ2) is 5.32. The molecular weight excluding hydrogens is 258 g/mol. The van der Waals surface area contributed by atoms with Gasteiger partial charge in [0.1, 0.15) is 0 Å². The van der Waals surface area contributed by atoms with Crippen LogP contribution < -0.4 is 0 Å². The summed E-state index contributed by atoms with van der Waals surface area (Å²) in [7, 11) is 0. The van der Waals surface area contributed by atoms with Crippen molar-refractivity contribution in [1.82, 2.24) is 4.98 Å². The summed E-state index contributed by atoms with van der Waals surface area (Å²) in [6, 6.07) is 9.64. The van der Waals surface area contributed by atoms with Gasteiger partial charge in [-0.1, -0.05) is 18.2 Å². The third-order valence-corrected chi connectivity index (χ3v) is 5.68. The largest absolute Gasteiger partial charge is 0.352 e. The molecule has 0 aliphatic heterocycles. The van der Waals surface area contributed by atoms with Gasteiger partial charge < -0.3 is 4.98 Å². The van der Waals surface area contributed by atoms with Crippen LogP contribution >= 0.6 is 0 Å². The monoisotopic (exact) mass is 281 g/mol. The van der Waals surface area contributed by atoms with E-state index in [1.165, 1.54) is 23.7 Å². The highest BCUT2D eigenvalue weighted by Crippen LogP contribution is 2.53. The first-order chi connectivity index (χ1) is 10.3. The van der Waals surface area contributed by atoms with Crippen molar-refractivity contribution < 1.29 is 4.79 Å². The molecule has 1 N–H and O–H groups in total. The molecule has 0 saturated heterocycles. The van der Waals surface area contributed by atoms with Gasteiger partial charge in [0.05, 0.1) is 5.69 Å². The Balaban J connectivity index is 0.000000110. The molecule has 4 aliphatic carbocycles. The SMILES string of the molecule is C1C2CC3CC1CC(C2)C3.O=Cc1cc2ccccc2[nH]1. The van der Waals surface area contributed by atoms with Crippen LogP contribution in [0.1, 0.15) is 49.0 Å². The third-order valence-electron chi connectivity index (χ3n) is 5.68. The average Bonchev–Trinajstić information content (AvgIpc) is 2.89. The fourth-order valence-corrected chi connectivity index (χ4v) is 5.14. The summed E-state index contributed by atoms with van der Waals surface area (Å²) in [5.41, 5.74) is 1.64. The van der Waals surface area contributed by atoms with E-state index in [2.05, 4.69) is 4.98 Å². The number of carbonyl (C=O) groups excluding carboxylic acids is 1. The Morgan fingerprint density at radius 2 is 1.38 bits per heavy atom. The van der Waals surface area contributed by atoms with Crippen LogP contribution in [0, 0.1) is 23.7 Å². The molecule has 4 aliphatic rings. The lowest BCUT2D eigenvalue weighted by Crippen LogP contribution is -2.38. The second-order valence-electron chi connectivity index (χ2n) is 7.31. The molecule has 6 rings (SSSR count). The number of hydrogen-bond donors (Lipinski definition) is 1. The Morgan fingerprint density at radius 3 is 1.86 bits per heavy atom. The summed E-state index contributed by atoms with van der Waals surface area (Å²) >= 11 is 0. The smallest absolute Gasteiger partial charge is 0.166 e. The predicted molar refractivity (Wildman–Crippen MR) is 85.3 cm³/mol. The fourth-order valence-electron chi connectivity index (χ4n) is 5.14. The maximum absolute atomic E-state index is 10.3. The van der Waals surface area contributed by atoms with Gasteiger partial charge in [-0.3, -0.25) is 4.79 Å².